The fraction of sp³-hybridized carbons (Fsp3) is 0.133. The molecule has 0 heterocycles. The molecule has 0 aromatic heterocycles. The normalized spacial score (nSPS) is 10.3. The van der Waals surface area contributed by atoms with Crippen LogP contribution in [0.15, 0.2) is 48.5 Å². The predicted octanol–water partition coefficient (Wildman–Crippen LogP) is 2.69. The molecule has 2 N–H and O–H groups in total. The van der Waals surface area contributed by atoms with Crippen LogP contribution in [-0.4, -0.2) is 12.5 Å². The summed E-state index contributed by atoms with van der Waals surface area (Å²) in [5.74, 6) is -1.16. The maximum Gasteiger partial charge on any atom is 0.238 e. The van der Waals surface area contributed by atoms with Gasteiger partial charge < -0.3 is 10.6 Å². The molecule has 0 saturated heterocycles. The van der Waals surface area contributed by atoms with Crippen LogP contribution in [0.3, 0.4) is 0 Å². The molecule has 2 aromatic rings. The van der Waals surface area contributed by atoms with E-state index in [9.17, 15) is 13.6 Å². The van der Waals surface area contributed by atoms with Crippen molar-refractivity contribution in [3.63, 3.8) is 0 Å². The number of halogens is 2. The molecule has 0 aliphatic heterocycles. The first-order chi connectivity index (χ1) is 9.65. The average molecular weight is 276 g/mol. The van der Waals surface area contributed by atoms with Crippen LogP contribution < -0.4 is 10.6 Å². The topological polar surface area (TPSA) is 41.1 Å². The molecule has 0 atom stereocenters. The molecule has 0 spiro atoms. The number of carbonyl (C=O) groups is 1. The maximum atomic E-state index is 13.3. The van der Waals surface area contributed by atoms with Gasteiger partial charge in [-0.3, -0.25) is 4.79 Å². The van der Waals surface area contributed by atoms with E-state index in [-0.39, 0.29) is 24.0 Å². The summed E-state index contributed by atoms with van der Waals surface area (Å²) in [6.45, 7) is 0.382. The number of benzene rings is 2. The lowest BCUT2D eigenvalue weighted by atomic mass is 10.2. The standard InChI is InChI=1S/C15H14F2N2O/c16-12-5-3-4-11(8-12)9-18-10-15(20)19-14-7-2-1-6-13(14)17/h1-8,18H,9-10H2,(H,19,20). The van der Waals surface area contributed by atoms with Crippen molar-refractivity contribution in [3.8, 4) is 0 Å². The highest BCUT2D eigenvalue weighted by Crippen LogP contribution is 2.11. The minimum Gasteiger partial charge on any atom is -0.322 e. The molecular formula is C15H14F2N2O. The van der Waals surface area contributed by atoms with E-state index in [1.807, 2.05) is 0 Å². The van der Waals surface area contributed by atoms with Gasteiger partial charge >= 0.3 is 0 Å². The molecule has 0 unspecified atom stereocenters. The largest absolute Gasteiger partial charge is 0.322 e. The van der Waals surface area contributed by atoms with Crippen LogP contribution in [0.25, 0.3) is 0 Å². The van der Waals surface area contributed by atoms with Gasteiger partial charge in [0, 0.05) is 6.54 Å². The van der Waals surface area contributed by atoms with Crippen molar-refractivity contribution in [2.24, 2.45) is 0 Å². The molecule has 2 rings (SSSR count). The van der Waals surface area contributed by atoms with Gasteiger partial charge in [-0.25, -0.2) is 8.78 Å². The van der Waals surface area contributed by atoms with E-state index in [0.717, 1.165) is 5.56 Å². The van der Waals surface area contributed by atoms with Gasteiger partial charge in [0.2, 0.25) is 5.91 Å². The second-order valence-corrected chi connectivity index (χ2v) is 4.26. The molecule has 104 valence electrons. The third-order valence-electron chi connectivity index (χ3n) is 2.65. The van der Waals surface area contributed by atoms with Crippen molar-refractivity contribution < 1.29 is 13.6 Å². The number of amides is 1. The lowest BCUT2D eigenvalue weighted by molar-refractivity contribution is -0.115. The highest BCUT2D eigenvalue weighted by molar-refractivity contribution is 5.92. The minimum absolute atomic E-state index is 0.0187. The molecule has 0 radical (unpaired) electrons. The van der Waals surface area contributed by atoms with E-state index in [1.165, 1.54) is 24.3 Å². The van der Waals surface area contributed by atoms with Crippen molar-refractivity contribution in [1.29, 1.82) is 0 Å². The summed E-state index contributed by atoms with van der Waals surface area (Å²) in [6, 6.07) is 12.1. The Bertz CT molecular complexity index is 602. The molecule has 20 heavy (non-hydrogen) atoms. The number of hydrogen-bond donors (Lipinski definition) is 2. The van der Waals surface area contributed by atoms with E-state index < -0.39 is 5.82 Å². The van der Waals surface area contributed by atoms with E-state index >= 15 is 0 Å². The highest BCUT2D eigenvalue weighted by atomic mass is 19.1. The first-order valence-corrected chi connectivity index (χ1v) is 6.15. The van der Waals surface area contributed by atoms with Crippen LogP contribution in [0.1, 0.15) is 5.56 Å². The first kappa shape index (κ1) is 14.1. The third kappa shape index (κ3) is 4.13. The molecule has 1 amide bonds. The van der Waals surface area contributed by atoms with Gasteiger partial charge in [0.15, 0.2) is 0 Å². The molecule has 5 heteroatoms. The SMILES string of the molecule is O=C(CNCc1cccc(F)c1)Nc1ccccc1F. The number of rotatable bonds is 5. The van der Waals surface area contributed by atoms with Gasteiger partial charge in [-0.15, -0.1) is 0 Å². The number of nitrogens with one attached hydrogen (secondary N) is 2. The molecule has 3 nitrogen and oxygen atoms in total. The lowest BCUT2D eigenvalue weighted by Gasteiger charge is -2.07. The zero-order valence-corrected chi connectivity index (χ0v) is 10.7. The van der Waals surface area contributed by atoms with Crippen molar-refractivity contribution in [2.45, 2.75) is 6.54 Å². The second kappa shape index (κ2) is 6.77. The van der Waals surface area contributed by atoms with Crippen molar-refractivity contribution in [3.05, 3.63) is 65.7 Å². The zero-order chi connectivity index (χ0) is 14.4. The number of hydrogen-bond acceptors (Lipinski definition) is 2. The molecular weight excluding hydrogens is 262 g/mol. The Hall–Kier alpha value is -2.27. The van der Waals surface area contributed by atoms with Crippen molar-refractivity contribution in [1.82, 2.24) is 5.32 Å². The predicted molar refractivity (Wildman–Crippen MR) is 73.1 cm³/mol. The molecule has 0 aliphatic carbocycles. The number of carbonyl (C=O) groups excluding carboxylic acids is 1. The van der Waals surface area contributed by atoms with E-state index in [0.29, 0.717) is 6.54 Å². The molecule has 0 fully saturated rings. The Kier molecular flexibility index (Phi) is 4.79. The van der Waals surface area contributed by atoms with Crippen LogP contribution >= 0.6 is 0 Å². The Labute approximate surface area is 115 Å². The fourth-order valence-electron chi connectivity index (χ4n) is 1.72. The van der Waals surface area contributed by atoms with Gasteiger partial charge in [-0.1, -0.05) is 24.3 Å². The van der Waals surface area contributed by atoms with Crippen LogP contribution in [0.4, 0.5) is 14.5 Å². The Morgan fingerprint density at radius 3 is 2.60 bits per heavy atom. The molecule has 2 aromatic carbocycles. The van der Waals surface area contributed by atoms with E-state index in [1.54, 1.807) is 24.3 Å². The second-order valence-electron chi connectivity index (χ2n) is 4.26. The number of para-hydroxylation sites is 1. The maximum absolute atomic E-state index is 13.3. The van der Waals surface area contributed by atoms with Crippen LogP contribution in [0, 0.1) is 11.6 Å². The summed E-state index contributed by atoms with van der Waals surface area (Å²) in [5, 5.41) is 5.32. The first-order valence-electron chi connectivity index (χ1n) is 6.15. The Morgan fingerprint density at radius 1 is 1.05 bits per heavy atom. The van der Waals surface area contributed by atoms with Crippen molar-refractivity contribution >= 4 is 11.6 Å². The fourth-order valence-corrected chi connectivity index (χ4v) is 1.72. The Morgan fingerprint density at radius 2 is 1.85 bits per heavy atom. The Balaban J connectivity index is 1.80. The molecule has 0 saturated carbocycles. The smallest absolute Gasteiger partial charge is 0.238 e. The van der Waals surface area contributed by atoms with Crippen LogP contribution in [-0.2, 0) is 11.3 Å². The summed E-state index contributed by atoms with van der Waals surface area (Å²) in [7, 11) is 0. The third-order valence-corrected chi connectivity index (χ3v) is 2.65. The van der Waals surface area contributed by atoms with Gasteiger partial charge in [-0.05, 0) is 29.8 Å². The zero-order valence-electron chi connectivity index (χ0n) is 10.7. The van der Waals surface area contributed by atoms with Gasteiger partial charge in [0.05, 0.1) is 12.2 Å². The minimum atomic E-state index is -0.481. The van der Waals surface area contributed by atoms with E-state index in [4.69, 9.17) is 0 Å². The van der Waals surface area contributed by atoms with Crippen LogP contribution in [0.2, 0.25) is 0 Å². The van der Waals surface area contributed by atoms with Crippen LogP contribution in [0.5, 0.6) is 0 Å². The summed E-state index contributed by atoms with van der Waals surface area (Å²) >= 11 is 0. The quantitative estimate of drug-likeness (QED) is 0.881. The van der Waals surface area contributed by atoms with Gasteiger partial charge in [-0.2, -0.15) is 0 Å². The van der Waals surface area contributed by atoms with Gasteiger partial charge in [0.1, 0.15) is 11.6 Å². The molecule has 0 bridgehead atoms. The number of anilines is 1. The summed E-state index contributed by atoms with van der Waals surface area (Å²) in [4.78, 5) is 11.6. The lowest BCUT2D eigenvalue weighted by Crippen LogP contribution is -2.28. The molecule has 0 aliphatic rings. The highest BCUT2D eigenvalue weighted by Gasteiger charge is 2.05. The average Bonchev–Trinajstić information content (AvgIpc) is 2.41. The van der Waals surface area contributed by atoms with Crippen molar-refractivity contribution in [2.75, 3.05) is 11.9 Å². The summed E-state index contributed by atoms with van der Waals surface area (Å²) < 4.78 is 26.2. The monoisotopic (exact) mass is 276 g/mol. The van der Waals surface area contributed by atoms with Gasteiger partial charge in [0.25, 0.3) is 0 Å². The summed E-state index contributed by atoms with van der Waals surface area (Å²) in [5.41, 5.74) is 0.883. The summed E-state index contributed by atoms with van der Waals surface area (Å²) in [6.07, 6.45) is 0. The van der Waals surface area contributed by atoms with E-state index in [2.05, 4.69) is 10.6 Å².